The van der Waals surface area contributed by atoms with Crippen molar-refractivity contribution in [3.05, 3.63) is 41.1 Å². The van der Waals surface area contributed by atoms with Crippen LogP contribution in [-0.4, -0.2) is 86.5 Å². The van der Waals surface area contributed by atoms with Gasteiger partial charge in [-0.05, 0) is 17.7 Å². The van der Waals surface area contributed by atoms with Crippen molar-refractivity contribution in [2.24, 2.45) is 5.73 Å². The van der Waals surface area contributed by atoms with E-state index in [1.165, 1.54) is 24.3 Å². The lowest BCUT2D eigenvalue weighted by atomic mass is 10.0. The molecule has 0 radical (unpaired) electrons. The molecule has 0 aliphatic carbocycles. The molecule has 37 heavy (non-hydrogen) atoms. The Morgan fingerprint density at radius 1 is 1.14 bits per heavy atom. The van der Waals surface area contributed by atoms with Crippen LogP contribution in [0.5, 0.6) is 0 Å². The monoisotopic (exact) mass is 538 g/mol. The first-order valence-corrected chi connectivity index (χ1v) is 11.6. The van der Waals surface area contributed by atoms with Crippen LogP contribution in [0, 0.1) is 0 Å². The molecule has 0 unspecified atom stereocenters. The molecule has 4 amide bonds. The molecule has 16 heteroatoms. The fourth-order valence-corrected chi connectivity index (χ4v) is 4.80. The normalized spacial score (nSPS) is 19.2. The summed E-state index contributed by atoms with van der Waals surface area (Å²) in [6, 6.07) is 4.34. The molecular formula is C21H22N4O11S. The van der Waals surface area contributed by atoms with Gasteiger partial charge in [-0.2, -0.15) is 0 Å². The molecule has 2 aliphatic rings. The van der Waals surface area contributed by atoms with Gasteiger partial charge < -0.3 is 35.8 Å². The molecule has 7 N–H and O–H groups in total. The van der Waals surface area contributed by atoms with Crippen LogP contribution in [0.3, 0.4) is 0 Å². The summed E-state index contributed by atoms with van der Waals surface area (Å²) in [4.78, 5) is 70.9. The highest BCUT2D eigenvalue weighted by molar-refractivity contribution is 8.00. The minimum Gasteiger partial charge on any atom is -0.481 e. The number of hydrogen-bond acceptors (Lipinski definition) is 10. The van der Waals surface area contributed by atoms with Gasteiger partial charge in [-0.15, -0.1) is 11.8 Å². The third kappa shape index (κ3) is 6.47. The summed E-state index contributed by atoms with van der Waals surface area (Å²) >= 11 is 1.14. The average molecular weight is 538 g/mol. The maximum Gasteiger partial charge on any atom is 0.411 e. The summed E-state index contributed by atoms with van der Waals surface area (Å²) < 4.78 is 9.34. The quantitative estimate of drug-likeness (QED) is 0.208. The molecule has 1 saturated heterocycles. The number of nitrogens with one attached hydrogen (secondary N) is 2. The molecule has 15 nitrogen and oxygen atoms in total. The van der Waals surface area contributed by atoms with Crippen LogP contribution in [0.4, 0.5) is 15.3 Å². The van der Waals surface area contributed by atoms with Crippen LogP contribution < -0.4 is 16.4 Å². The highest BCUT2D eigenvalue weighted by Gasteiger charge is 2.54. The number of aliphatic hydroxyl groups excluding tert-OH is 1. The molecule has 1 aromatic rings. The molecule has 3 rings (SSSR count). The summed E-state index contributed by atoms with van der Waals surface area (Å²) in [5.41, 5.74) is 5.12. The first kappa shape index (κ1) is 27.3. The minimum absolute atomic E-state index is 0.103. The molecule has 0 aromatic heterocycles. The van der Waals surface area contributed by atoms with Gasteiger partial charge in [0.1, 0.15) is 30.3 Å². The number of ether oxygens (including phenoxy) is 2. The summed E-state index contributed by atoms with van der Waals surface area (Å²) in [5, 5.41) is 32.5. The van der Waals surface area contributed by atoms with Crippen LogP contribution >= 0.6 is 11.8 Å². The van der Waals surface area contributed by atoms with Crippen molar-refractivity contribution in [2.45, 2.75) is 23.9 Å². The standard InChI is InChI=1S/C21H22N4O11S/c22-20(33)36-7-10-8-37-18-13(17(30)25(18)14(10)19(31)32)24-16(29)15(28)9-1-3-11(4-2-9)23-21(34)35-6-5-12(26)27/h1-4,13,15,18,28H,5-8H2,(H2,22,33)(H,23,34)(H,24,29)(H,26,27)(H,31,32)/t13-,15-,18+/m1/s1. The van der Waals surface area contributed by atoms with E-state index in [0.717, 1.165) is 16.7 Å². The van der Waals surface area contributed by atoms with E-state index in [-0.39, 0.29) is 41.3 Å². The van der Waals surface area contributed by atoms with E-state index < -0.39 is 60.1 Å². The summed E-state index contributed by atoms with van der Waals surface area (Å²) in [6.07, 6.45) is -4.02. The van der Waals surface area contributed by atoms with E-state index >= 15 is 0 Å². The molecular weight excluding hydrogens is 516 g/mol. The molecule has 2 aliphatic heterocycles. The first-order chi connectivity index (χ1) is 17.5. The molecule has 1 aromatic carbocycles. The summed E-state index contributed by atoms with van der Waals surface area (Å²) in [7, 11) is 0. The zero-order chi connectivity index (χ0) is 27.3. The highest BCUT2D eigenvalue weighted by Crippen LogP contribution is 2.40. The van der Waals surface area contributed by atoms with Gasteiger partial charge in [0.05, 0.1) is 6.42 Å². The first-order valence-electron chi connectivity index (χ1n) is 10.6. The Morgan fingerprint density at radius 2 is 1.81 bits per heavy atom. The van der Waals surface area contributed by atoms with Crippen molar-refractivity contribution in [3.8, 4) is 0 Å². The number of rotatable bonds is 10. The molecule has 3 atom stereocenters. The van der Waals surface area contributed by atoms with E-state index in [2.05, 4.69) is 15.4 Å². The number of carbonyl (C=O) groups excluding carboxylic acids is 4. The number of anilines is 1. The van der Waals surface area contributed by atoms with Crippen LogP contribution in [0.15, 0.2) is 35.5 Å². The number of aliphatic carboxylic acids is 2. The zero-order valence-electron chi connectivity index (χ0n) is 18.9. The Morgan fingerprint density at radius 3 is 2.41 bits per heavy atom. The number of carboxylic acid groups (broad SMARTS) is 2. The number of hydrogen-bond donors (Lipinski definition) is 6. The number of fused-ring (bicyclic) bond motifs is 1. The molecule has 0 bridgehead atoms. The number of nitrogens with two attached hydrogens (primary N) is 1. The van der Waals surface area contributed by atoms with E-state index in [0.29, 0.717) is 0 Å². The second-order valence-corrected chi connectivity index (χ2v) is 8.80. The Bertz CT molecular complexity index is 1150. The van der Waals surface area contributed by atoms with Crippen LogP contribution in [0.1, 0.15) is 18.1 Å². The largest absolute Gasteiger partial charge is 0.481 e. The number of carboxylic acids is 2. The number of nitrogens with zero attached hydrogens (tertiary/aromatic N) is 1. The van der Waals surface area contributed by atoms with E-state index in [9.17, 15) is 39.0 Å². The number of primary amides is 1. The van der Waals surface area contributed by atoms with E-state index in [1.54, 1.807) is 0 Å². The Balaban J connectivity index is 1.58. The van der Waals surface area contributed by atoms with Gasteiger partial charge in [0.25, 0.3) is 11.8 Å². The molecule has 0 saturated carbocycles. The lowest BCUT2D eigenvalue weighted by Crippen LogP contribution is -2.71. The van der Waals surface area contributed by atoms with E-state index in [4.69, 9.17) is 15.6 Å². The van der Waals surface area contributed by atoms with Gasteiger partial charge >= 0.3 is 24.1 Å². The minimum atomic E-state index is -1.68. The van der Waals surface area contributed by atoms with Crippen LogP contribution in [0.25, 0.3) is 0 Å². The average Bonchev–Trinajstić information content (AvgIpc) is 2.84. The van der Waals surface area contributed by atoms with Crippen molar-refractivity contribution < 1.29 is 53.6 Å². The Hall–Kier alpha value is -4.31. The topological polar surface area (TPSA) is 235 Å². The number of benzene rings is 1. The van der Waals surface area contributed by atoms with Crippen molar-refractivity contribution in [3.63, 3.8) is 0 Å². The van der Waals surface area contributed by atoms with Crippen molar-refractivity contribution >= 4 is 53.4 Å². The molecule has 198 valence electrons. The lowest BCUT2D eigenvalue weighted by Gasteiger charge is -2.49. The van der Waals surface area contributed by atoms with Crippen molar-refractivity contribution in [1.29, 1.82) is 0 Å². The van der Waals surface area contributed by atoms with Gasteiger partial charge in [0.2, 0.25) is 0 Å². The van der Waals surface area contributed by atoms with Gasteiger partial charge in [0, 0.05) is 17.0 Å². The number of aliphatic hydroxyl groups is 1. The Kier molecular flexibility index (Phi) is 8.56. The number of thioether (sulfide) groups is 1. The predicted molar refractivity (Wildman–Crippen MR) is 124 cm³/mol. The van der Waals surface area contributed by atoms with Crippen LogP contribution in [0.2, 0.25) is 0 Å². The molecule has 1 fully saturated rings. The summed E-state index contributed by atoms with van der Waals surface area (Å²) in [5.74, 6) is -4.05. The maximum absolute atomic E-state index is 12.7. The fourth-order valence-electron chi connectivity index (χ4n) is 3.47. The fraction of sp³-hybridized carbons (Fsp3) is 0.333. The lowest BCUT2D eigenvalue weighted by molar-refractivity contribution is -0.151. The third-order valence-electron chi connectivity index (χ3n) is 5.21. The van der Waals surface area contributed by atoms with Gasteiger partial charge in [-0.3, -0.25) is 24.6 Å². The Labute approximate surface area is 212 Å². The number of β-lactam (4-membered cyclic amide) rings is 1. The number of carbonyl (C=O) groups is 6. The second-order valence-electron chi connectivity index (χ2n) is 7.69. The van der Waals surface area contributed by atoms with E-state index in [1.807, 2.05) is 0 Å². The smallest absolute Gasteiger partial charge is 0.411 e. The third-order valence-corrected chi connectivity index (χ3v) is 6.55. The SMILES string of the molecule is NC(=O)OCC1=C(C(=O)O)N2C(=O)[C@@H](NC(=O)[C@H](O)c3ccc(NC(=O)OCCC(=O)O)cc3)[C@@H]2SC1. The number of amides is 4. The second kappa shape index (κ2) is 11.6. The molecule has 2 heterocycles. The van der Waals surface area contributed by atoms with Crippen molar-refractivity contribution in [1.82, 2.24) is 10.2 Å². The van der Waals surface area contributed by atoms with Crippen LogP contribution in [-0.2, 0) is 28.7 Å². The summed E-state index contributed by atoms with van der Waals surface area (Å²) in [6.45, 7) is -0.720. The van der Waals surface area contributed by atoms with Crippen molar-refractivity contribution in [2.75, 3.05) is 24.3 Å². The zero-order valence-corrected chi connectivity index (χ0v) is 19.7. The maximum atomic E-state index is 12.7. The van der Waals surface area contributed by atoms with Gasteiger partial charge in [-0.25, -0.2) is 14.4 Å². The van der Waals surface area contributed by atoms with Gasteiger partial charge in [-0.1, -0.05) is 12.1 Å². The van der Waals surface area contributed by atoms with Gasteiger partial charge in [0.15, 0.2) is 6.10 Å². The highest BCUT2D eigenvalue weighted by atomic mass is 32.2. The molecule has 0 spiro atoms. The predicted octanol–water partition coefficient (Wildman–Crippen LogP) is -0.423.